The van der Waals surface area contributed by atoms with Gasteiger partial charge in [0.05, 0.1) is 12.7 Å². The second kappa shape index (κ2) is 6.10. The van der Waals surface area contributed by atoms with E-state index in [1.54, 1.807) is 6.07 Å². The first-order chi connectivity index (χ1) is 8.08. The molecule has 94 valence electrons. The molecule has 1 atom stereocenters. The normalized spacial score (nSPS) is 11.9. The molecule has 1 aromatic carbocycles. The van der Waals surface area contributed by atoms with Gasteiger partial charge < -0.3 is 20.9 Å². The fourth-order valence-corrected chi connectivity index (χ4v) is 1.29. The van der Waals surface area contributed by atoms with E-state index in [0.717, 1.165) is 6.42 Å². The van der Waals surface area contributed by atoms with Gasteiger partial charge in [0.2, 0.25) is 0 Å². The lowest BCUT2D eigenvalue weighted by atomic mass is 10.1. The lowest BCUT2D eigenvalue weighted by Crippen LogP contribution is -2.36. The van der Waals surface area contributed by atoms with Crippen molar-refractivity contribution in [1.29, 1.82) is 0 Å². The minimum atomic E-state index is -0.339. The van der Waals surface area contributed by atoms with Crippen molar-refractivity contribution >= 4 is 5.91 Å². The Hall–Kier alpha value is -1.75. The van der Waals surface area contributed by atoms with E-state index in [1.165, 1.54) is 19.2 Å². The van der Waals surface area contributed by atoms with E-state index >= 15 is 0 Å². The Morgan fingerprint density at radius 2 is 2.29 bits per heavy atom. The van der Waals surface area contributed by atoms with Gasteiger partial charge in [0.15, 0.2) is 0 Å². The van der Waals surface area contributed by atoms with Gasteiger partial charge in [0, 0.05) is 18.7 Å². The summed E-state index contributed by atoms with van der Waals surface area (Å²) in [6.07, 6.45) is 0.787. The molecule has 1 aromatic rings. The average molecular weight is 238 g/mol. The third-order valence-electron chi connectivity index (χ3n) is 2.50. The van der Waals surface area contributed by atoms with E-state index in [9.17, 15) is 9.90 Å². The number of methoxy groups -OCH3 is 1. The van der Waals surface area contributed by atoms with Crippen molar-refractivity contribution in [2.75, 3.05) is 13.7 Å². The Morgan fingerprint density at radius 3 is 2.82 bits per heavy atom. The maximum atomic E-state index is 11.7. The second-order valence-electron chi connectivity index (χ2n) is 3.76. The fourth-order valence-electron chi connectivity index (χ4n) is 1.29. The van der Waals surface area contributed by atoms with Gasteiger partial charge >= 0.3 is 0 Å². The molecule has 1 rings (SSSR count). The van der Waals surface area contributed by atoms with E-state index in [2.05, 4.69) is 5.32 Å². The van der Waals surface area contributed by atoms with Crippen LogP contribution in [-0.4, -0.2) is 30.7 Å². The maximum Gasteiger partial charge on any atom is 0.255 e. The average Bonchev–Trinajstić information content (AvgIpc) is 2.35. The molecule has 5 nitrogen and oxygen atoms in total. The zero-order valence-corrected chi connectivity index (χ0v) is 10.1. The first kappa shape index (κ1) is 13.3. The van der Waals surface area contributed by atoms with E-state index in [4.69, 9.17) is 10.5 Å². The van der Waals surface area contributed by atoms with Crippen LogP contribution in [-0.2, 0) is 0 Å². The summed E-state index contributed by atoms with van der Waals surface area (Å²) in [5.74, 6) is 0.0604. The summed E-state index contributed by atoms with van der Waals surface area (Å²) < 4.78 is 4.93. The molecule has 1 unspecified atom stereocenters. The molecule has 0 spiro atoms. The Balaban J connectivity index is 2.69. The van der Waals surface area contributed by atoms with Crippen LogP contribution in [0.25, 0.3) is 0 Å². The Labute approximate surface area is 101 Å². The van der Waals surface area contributed by atoms with E-state index < -0.39 is 0 Å². The number of phenols is 1. The third kappa shape index (κ3) is 3.64. The van der Waals surface area contributed by atoms with Crippen LogP contribution in [0.1, 0.15) is 23.7 Å². The predicted octanol–water partition coefficient (Wildman–Crippen LogP) is 0.868. The molecule has 17 heavy (non-hydrogen) atoms. The lowest BCUT2D eigenvalue weighted by Gasteiger charge is -2.11. The number of benzene rings is 1. The maximum absolute atomic E-state index is 11.7. The van der Waals surface area contributed by atoms with Crippen molar-refractivity contribution in [3.8, 4) is 11.5 Å². The van der Waals surface area contributed by atoms with Gasteiger partial charge in [-0.1, -0.05) is 6.92 Å². The minimum Gasteiger partial charge on any atom is -0.507 e. The summed E-state index contributed by atoms with van der Waals surface area (Å²) >= 11 is 0. The topological polar surface area (TPSA) is 84.6 Å². The molecule has 0 saturated carbocycles. The van der Waals surface area contributed by atoms with Crippen LogP contribution in [0.5, 0.6) is 11.5 Å². The molecule has 0 aromatic heterocycles. The number of carbonyl (C=O) groups is 1. The molecule has 0 aliphatic heterocycles. The van der Waals surface area contributed by atoms with Gasteiger partial charge in [-0.15, -0.1) is 0 Å². The van der Waals surface area contributed by atoms with Crippen molar-refractivity contribution in [2.45, 2.75) is 19.4 Å². The molecular formula is C12H18N2O3. The summed E-state index contributed by atoms with van der Waals surface area (Å²) in [4.78, 5) is 11.7. The van der Waals surface area contributed by atoms with Gasteiger partial charge in [0.25, 0.3) is 5.91 Å². The quantitative estimate of drug-likeness (QED) is 0.710. The Morgan fingerprint density at radius 1 is 1.59 bits per heavy atom. The van der Waals surface area contributed by atoms with Crippen LogP contribution >= 0.6 is 0 Å². The lowest BCUT2D eigenvalue weighted by molar-refractivity contribution is 0.0948. The molecule has 0 fully saturated rings. The monoisotopic (exact) mass is 238 g/mol. The molecule has 0 saturated heterocycles. The highest BCUT2D eigenvalue weighted by Crippen LogP contribution is 2.23. The van der Waals surface area contributed by atoms with Gasteiger partial charge in [-0.3, -0.25) is 4.79 Å². The standard InChI is InChI=1S/C12H18N2O3/c1-3-8(13)7-14-12(16)10-5-4-9(17-2)6-11(10)15/h4-6,8,15H,3,7,13H2,1-2H3,(H,14,16). The second-order valence-corrected chi connectivity index (χ2v) is 3.76. The van der Waals surface area contributed by atoms with E-state index in [0.29, 0.717) is 12.3 Å². The number of rotatable bonds is 5. The number of phenolic OH excluding ortho intramolecular Hbond substituents is 1. The Bertz CT molecular complexity index is 393. The molecule has 0 aliphatic rings. The number of amides is 1. The molecule has 0 bridgehead atoms. The summed E-state index contributed by atoms with van der Waals surface area (Å²) in [6, 6.07) is 4.46. The van der Waals surface area contributed by atoms with Crippen LogP contribution in [0.15, 0.2) is 18.2 Å². The number of ether oxygens (including phenoxy) is 1. The van der Waals surface area contributed by atoms with Gasteiger partial charge in [-0.2, -0.15) is 0 Å². The minimum absolute atomic E-state index is 0.0701. The van der Waals surface area contributed by atoms with Crippen LogP contribution in [0, 0.1) is 0 Å². The largest absolute Gasteiger partial charge is 0.507 e. The predicted molar refractivity (Wildman–Crippen MR) is 65.3 cm³/mol. The smallest absolute Gasteiger partial charge is 0.255 e. The number of hydrogen-bond acceptors (Lipinski definition) is 4. The molecule has 4 N–H and O–H groups in total. The highest BCUT2D eigenvalue weighted by atomic mass is 16.5. The van der Waals surface area contributed by atoms with Crippen LogP contribution < -0.4 is 15.8 Å². The molecule has 0 heterocycles. The first-order valence-electron chi connectivity index (χ1n) is 5.49. The molecule has 0 radical (unpaired) electrons. The van der Waals surface area contributed by atoms with E-state index in [-0.39, 0.29) is 23.3 Å². The van der Waals surface area contributed by atoms with Crippen LogP contribution in [0.2, 0.25) is 0 Å². The van der Waals surface area contributed by atoms with Crippen molar-refractivity contribution in [1.82, 2.24) is 5.32 Å². The highest BCUT2D eigenvalue weighted by Gasteiger charge is 2.12. The Kier molecular flexibility index (Phi) is 4.78. The summed E-state index contributed by atoms with van der Waals surface area (Å²) in [7, 11) is 1.49. The molecule has 1 amide bonds. The number of nitrogens with two attached hydrogens (primary N) is 1. The van der Waals surface area contributed by atoms with Gasteiger partial charge in [-0.05, 0) is 18.6 Å². The summed E-state index contributed by atoms with van der Waals surface area (Å²) in [5, 5.41) is 12.3. The number of carbonyl (C=O) groups excluding carboxylic acids is 1. The van der Waals surface area contributed by atoms with Gasteiger partial charge in [-0.25, -0.2) is 0 Å². The van der Waals surface area contributed by atoms with Crippen molar-refractivity contribution < 1.29 is 14.6 Å². The summed E-state index contributed by atoms with van der Waals surface area (Å²) in [5.41, 5.74) is 5.90. The molecule has 5 heteroatoms. The molecule has 0 aliphatic carbocycles. The van der Waals surface area contributed by atoms with Crippen molar-refractivity contribution in [2.24, 2.45) is 5.73 Å². The SMILES string of the molecule is CCC(N)CNC(=O)c1ccc(OC)cc1O. The molecular weight excluding hydrogens is 220 g/mol. The van der Waals surface area contributed by atoms with Crippen molar-refractivity contribution in [3.63, 3.8) is 0 Å². The zero-order chi connectivity index (χ0) is 12.8. The number of hydrogen-bond donors (Lipinski definition) is 3. The van der Waals surface area contributed by atoms with Crippen LogP contribution in [0.3, 0.4) is 0 Å². The van der Waals surface area contributed by atoms with Gasteiger partial charge in [0.1, 0.15) is 11.5 Å². The highest BCUT2D eigenvalue weighted by molar-refractivity contribution is 5.97. The summed E-state index contributed by atoms with van der Waals surface area (Å²) in [6.45, 7) is 2.34. The zero-order valence-electron chi connectivity index (χ0n) is 10.1. The van der Waals surface area contributed by atoms with Crippen molar-refractivity contribution in [3.05, 3.63) is 23.8 Å². The fraction of sp³-hybridized carbons (Fsp3) is 0.417. The number of aromatic hydroxyl groups is 1. The first-order valence-corrected chi connectivity index (χ1v) is 5.49. The number of nitrogens with one attached hydrogen (secondary N) is 1. The third-order valence-corrected chi connectivity index (χ3v) is 2.50. The van der Waals surface area contributed by atoms with Crippen LogP contribution in [0.4, 0.5) is 0 Å². The van der Waals surface area contributed by atoms with E-state index in [1.807, 2.05) is 6.92 Å².